The van der Waals surface area contributed by atoms with Gasteiger partial charge in [0, 0.05) is 18.5 Å². The van der Waals surface area contributed by atoms with Gasteiger partial charge in [-0.25, -0.2) is 4.79 Å². The molecule has 41 heavy (non-hydrogen) atoms. The minimum absolute atomic E-state index is 0.173. The first-order valence-corrected chi connectivity index (χ1v) is 13.7. The summed E-state index contributed by atoms with van der Waals surface area (Å²) in [5.41, 5.74) is 4.38. The minimum atomic E-state index is -1.06. The Morgan fingerprint density at radius 2 is 1.24 bits per heavy atom. The van der Waals surface area contributed by atoms with E-state index in [1.165, 1.54) is 4.90 Å². The summed E-state index contributed by atoms with van der Waals surface area (Å²) >= 11 is 0. The Morgan fingerprint density at radius 1 is 0.610 bits per heavy atom. The van der Waals surface area contributed by atoms with E-state index < -0.39 is 12.0 Å². The molecule has 0 fully saturated rings. The lowest BCUT2D eigenvalue weighted by atomic mass is 9.98. The van der Waals surface area contributed by atoms with Gasteiger partial charge in [-0.05, 0) is 55.9 Å². The molecule has 0 aliphatic carbocycles. The van der Waals surface area contributed by atoms with E-state index in [0.717, 1.165) is 43.8 Å². The molecule has 1 atom stereocenters. The predicted octanol–water partition coefficient (Wildman–Crippen LogP) is 8.00. The highest BCUT2D eigenvalue weighted by Crippen LogP contribution is 2.26. The predicted molar refractivity (Wildman–Crippen MR) is 165 cm³/mol. The highest BCUT2D eigenvalue weighted by molar-refractivity contribution is 6.00. The molecule has 6 rings (SSSR count). The van der Waals surface area contributed by atoms with E-state index in [0.29, 0.717) is 5.56 Å². The zero-order valence-corrected chi connectivity index (χ0v) is 22.5. The van der Waals surface area contributed by atoms with Crippen LogP contribution in [0.3, 0.4) is 0 Å². The molecule has 0 aromatic heterocycles. The Morgan fingerprint density at radius 3 is 2.00 bits per heavy atom. The number of amides is 1. The number of rotatable bonds is 8. The number of benzene rings is 6. The zero-order valence-electron chi connectivity index (χ0n) is 22.5. The van der Waals surface area contributed by atoms with Crippen molar-refractivity contribution in [3.63, 3.8) is 0 Å². The highest BCUT2D eigenvalue weighted by atomic mass is 16.4. The van der Waals surface area contributed by atoms with Gasteiger partial charge in [0.2, 0.25) is 0 Å². The summed E-state index contributed by atoms with van der Waals surface area (Å²) in [5.74, 6) is -1.34. The first kappa shape index (κ1) is 26.0. The topological polar surface area (TPSA) is 57.6 Å². The minimum Gasteiger partial charge on any atom is -0.480 e. The molecule has 0 saturated heterocycles. The smallest absolute Gasteiger partial charge is 0.326 e. The number of fused-ring (bicyclic) bond motifs is 2. The monoisotopic (exact) mass is 535 g/mol. The number of carbonyl (C=O) groups is 2. The lowest BCUT2D eigenvalue weighted by Gasteiger charge is -2.30. The first-order chi connectivity index (χ1) is 20.1. The van der Waals surface area contributed by atoms with Crippen molar-refractivity contribution in [1.82, 2.24) is 4.90 Å². The fourth-order valence-electron chi connectivity index (χ4n) is 5.44. The van der Waals surface area contributed by atoms with E-state index in [1.54, 1.807) is 6.07 Å². The van der Waals surface area contributed by atoms with Gasteiger partial charge in [0.05, 0.1) is 0 Å². The maximum atomic E-state index is 14.2. The molecular weight excluding hydrogens is 506 g/mol. The molecule has 200 valence electrons. The molecular formula is C37H29NO3. The van der Waals surface area contributed by atoms with Crippen molar-refractivity contribution < 1.29 is 14.7 Å². The van der Waals surface area contributed by atoms with Crippen LogP contribution < -0.4 is 0 Å². The molecule has 4 heteroatoms. The van der Waals surface area contributed by atoms with Gasteiger partial charge in [0.1, 0.15) is 6.04 Å². The number of carboxylic acids is 1. The molecule has 6 aromatic rings. The normalized spacial score (nSPS) is 11.8. The maximum Gasteiger partial charge on any atom is 0.326 e. The van der Waals surface area contributed by atoms with E-state index in [9.17, 15) is 14.7 Å². The van der Waals surface area contributed by atoms with E-state index in [1.807, 2.05) is 133 Å². The van der Waals surface area contributed by atoms with Gasteiger partial charge in [-0.2, -0.15) is 0 Å². The van der Waals surface area contributed by atoms with Crippen LogP contribution in [0.2, 0.25) is 0 Å². The Kier molecular flexibility index (Phi) is 7.29. The third-order valence-electron chi connectivity index (χ3n) is 7.63. The molecule has 0 saturated carbocycles. The molecule has 0 radical (unpaired) electrons. The summed E-state index contributed by atoms with van der Waals surface area (Å²) in [5, 5.41) is 14.5. The van der Waals surface area contributed by atoms with Crippen LogP contribution in [0.4, 0.5) is 0 Å². The molecule has 0 heterocycles. The van der Waals surface area contributed by atoms with Gasteiger partial charge in [-0.1, -0.05) is 127 Å². The van der Waals surface area contributed by atoms with Crippen molar-refractivity contribution in [2.75, 3.05) is 0 Å². The number of carboxylic acid groups (broad SMARTS) is 1. The zero-order chi connectivity index (χ0) is 28.2. The standard InChI is InChI=1S/C37H29NO3/c39-36(32-22-21-28-11-4-5-13-31(28)24-32)38(25-33-15-8-14-30-12-6-7-16-34(30)33)35(37(40)41)23-26-17-19-29(20-18-26)27-9-2-1-3-10-27/h1-22,24,35H,23,25H2,(H,40,41)/t35-/m0/s1. The number of hydrogen-bond donors (Lipinski definition) is 1. The Balaban J connectivity index is 1.38. The Labute approximate surface area is 239 Å². The van der Waals surface area contributed by atoms with Crippen LogP contribution in [0.25, 0.3) is 32.7 Å². The van der Waals surface area contributed by atoms with E-state index in [4.69, 9.17) is 0 Å². The van der Waals surface area contributed by atoms with Crippen molar-refractivity contribution >= 4 is 33.4 Å². The van der Waals surface area contributed by atoms with E-state index in [-0.39, 0.29) is 18.9 Å². The average Bonchev–Trinajstić information content (AvgIpc) is 3.03. The lowest BCUT2D eigenvalue weighted by molar-refractivity contribution is -0.142. The fraction of sp³-hybridized carbons (Fsp3) is 0.0811. The fourth-order valence-corrected chi connectivity index (χ4v) is 5.44. The molecule has 0 spiro atoms. The Bertz CT molecular complexity index is 1840. The van der Waals surface area contributed by atoms with Gasteiger partial charge >= 0.3 is 5.97 Å². The van der Waals surface area contributed by atoms with Gasteiger partial charge in [-0.3, -0.25) is 4.79 Å². The van der Waals surface area contributed by atoms with E-state index in [2.05, 4.69) is 0 Å². The molecule has 1 N–H and O–H groups in total. The Hall–Kier alpha value is -5.22. The molecule has 0 unspecified atom stereocenters. The molecule has 1 amide bonds. The number of aliphatic carboxylic acids is 1. The van der Waals surface area contributed by atoms with Gasteiger partial charge in [-0.15, -0.1) is 0 Å². The summed E-state index contributed by atoms with van der Waals surface area (Å²) < 4.78 is 0. The molecule has 0 bridgehead atoms. The largest absolute Gasteiger partial charge is 0.480 e. The van der Waals surface area contributed by atoms with Gasteiger partial charge < -0.3 is 10.0 Å². The lowest BCUT2D eigenvalue weighted by Crippen LogP contribution is -2.46. The van der Waals surface area contributed by atoms with Crippen LogP contribution in [0.1, 0.15) is 21.5 Å². The second-order valence-electron chi connectivity index (χ2n) is 10.3. The molecule has 4 nitrogen and oxygen atoms in total. The van der Waals surface area contributed by atoms with Crippen LogP contribution in [0, 0.1) is 0 Å². The van der Waals surface area contributed by atoms with Crippen LogP contribution in [0.15, 0.2) is 140 Å². The number of carbonyl (C=O) groups excluding carboxylic acids is 1. The third-order valence-corrected chi connectivity index (χ3v) is 7.63. The molecule has 6 aromatic carbocycles. The maximum absolute atomic E-state index is 14.2. The van der Waals surface area contributed by atoms with Crippen LogP contribution >= 0.6 is 0 Å². The van der Waals surface area contributed by atoms with Crippen molar-refractivity contribution in [1.29, 1.82) is 0 Å². The SMILES string of the molecule is O=C(O)[C@H](Cc1ccc(-c2ccccc2)cc1)N(Cc1cccc2ccccc12)C(=O)c1ccc2ccccc2c1. The quantitative estimate of drug-likeness (QED) is 0.215. The first-order valence-electron chi connectivity index (χ1n) is 13.7. The van der Waals surface area contributed by atoms with Crippen molar-refractivity contribution in [2.24, 2.45) is 0 Å². The van der Waals surface area contributed by atoms with Gasteiger partial charge in [0.25, 0.3) is 5.91 Å². The van der Waals surface area contributed by atoms with E-state index >= 15 is 0 Å². The second-order valence-corrected chi connectivity index (χ2v) is 10.3. The van der Waals surface area contributed by atoms with Crippen LogP contribution in [-0.4, -0.2) is 27.9 Å². The van der Waals surface area contributed by atoms with Crippen molar-refractivity contribution in [3.05, 3.63) is 156 Å². The summed E-state index contributed by atoms with van der Waals surface area (Å²) in [7, 11) is 0. The number of nitrogens with zero attached hydrogens (tertiary/aromatic N) is 1. The van der Waals surface area contributed by atoms with Crippen LogP contribution in [0.5, 0.6) is 0 Å². The highest BCUT2D eigenvalue weighted by Gasteiger charge is 2.31. The average molecular weight is 536 g/mol. The summed E-state index contributed by atoms with van der Waals surface area (Å²) in [4.78, 5) is 28.5. The third kappa shape index (κ3) is 5.59. The molecule has 0 aliphatic rings. The summed E-state index contributed by atoms with van der Waals surface area (Å²) in [6.07, 6.45) is 0.189. The van der Waals surface area contributed by atoms with Crippen molar-refractivity contribution in [2.45, 2.75) is 19.0 Å². The molecule has 0 aliphatic heterocycles. The van der Waals surface area contributed by atoms with Crippen molar-refractivity contribution in [3.8, 4) is 11.1 Å². The van der Waals surface area contributed by atoms with Gasteiger partial charge in [0.15, 0.2) is 0 Å². The van der Waals surface area contributed by atoms with Crippen LogP contribution in [-0.2, 0) is 17.8 Å². The number of hydrogen-bond acceptors (Lipinski definition) is 2. The summed E-state index contributed by atoms with van der Waals surface area (Å²) in [6.45, 7) is 0.173. The summed E-state index contributed by atoms with van der Waals surface area (Å²) in [6, 6.07) is 44.2. The second kappa shape index (κ2) is 11.5.